The quantitative estimate of drug-likeness (QED) is 0.693. The molecular formula is C19H14BrNO2. The van der Waals surface area contributed by atoms with Crippen molar-refractivity contribution in [1.82, 2.24) is 4.98 Å². The minimum absolute atomic E-state index is 0.230. The smallest absolute Gasteiger partial charge is 0.335 e. The fraction of sp³-hybridized carbons (Fsp3) is 0.0526. The largest absolute Gasteiger partial charge is 0.478 e. The van der Waals surface area contributed by atoms with Crippen LogP contribution in [0, 0.1) is 6.92 Å². The first-order chi connectivity index (χ1) is 11.0. The van der Waals surface area contributed by atoms with E-state index in [9.17, 15) is 9.90 Å². The predicted octanol–water partition coefficient (Wildman–Crippen LogP) is 5.18. The number of pyridine rings is 1. The van der Waals surface area contributed by atoms with Gasteiger partial charge in [0, 0.05) is 15.6 Å². The number of halogens is 1. The highest BCUT2D eigenvalue weighted by molar-refractivity contribution is 9.10. The van der Waals surface area contributed by atoms with Crippen LogP contribution in [-0.2, 0) is 0 Å². The molecule has 1 aromatic heterocycles. The summed E-state index contributed by atoms with van der Waals surface area (Å²) >= 11 is 3.40. The zero-order valence-electron chi connectivity index (χ0n) is 12.5. The van der Waals surface area contributed by atoms with Crippen molar-refractivity contribution >= 4 is 21.9 Å². The Balaban J connectivity index is 2.15. The van der Waals surface area contributed by atoms with Crippen molar-refractivity contribution in [3.8, 4) is 22.5 Å². The van der Waals surface area contributed by atoms with Gasteiger partial charge in [-0.25, -0.2) is 9.78 Å². The van der Waals surface area contributed by atoms with E-state index in [0.717, 1.165) is 21.2 Å². The van der Waals surface area contributed by atoms with Crippen molar-refractivity contribution in [3.63, 3.8) is 0 Å². The van der Waals surface area contributed by atoms with E-state index in [-0.39, 0.29) is 5.56 Å². The molecule has 0 unspecified atom stereocenters. The van der Waals surface area contributed by atoms with Gasteiger partial charge in [-0.15, -0.1) is 0 Å². The fourth-order valence-electron chi connectivity index (χ4n) is 2.29. The Bertz CT molecular complexity index is 792. The van der Waals surface area contributed by atoms with E-state index >= 15 is 0 Å². The van der Waals surface area contributed by atoms with Crippen molar-refractivity contribution < 1.29 is 9.90 Å². The molecule has 1 heterocycles. The van der Waals surface area contributed by atoms with Crippen LogP contribution < -0.4 is 0 Å². The number of nitrogens with zero attached hydrogens (tertiary/aromatic N) is 1. The zero-order chi connectivity index (χ0) is 16.4. The van der Waals surface area contributed by atoms with E-state index in [0.29, 0.717) is 11.4 Å². The van der Waals surface area contributed by atoms with Gasteiger partial charge in [0.2, 0.25) is 0 Å². The van der Waals surface area contributed by atoms with Crippen molar-refractivity contribution in [1.29, 1.82) is 0 Å². The first-order valence-electron chi connectivity index (χ1n) is 7.11. The highest BCUT2D eigenvalue weighted by Gasteiger charge is 2.11. The second-order valence-corrected chi connectivity index (χ2v) is 6.22. The topological polar surface area (TPSA) is 50.2 Å². The van der Waals surface area contributed by atoms with Crippen LogP contribution in [0.4, 0.5) is 0 Å². The number of benzene rings is 2. The van der Waals surface area contributed by atoms with Gasteiger partial charge in [0.05, 0.1) is 17.0 Å². The van der Waals surface area contributed by atoms with Crippen molar-refractivity contribution in [2.45, 2.75) is 6.92 Å². The normalized spacial score (nSPS) is 10.5. The lowest BCUT2D eigenvalue weighted by molar-refractivity contribution is 0.0697. The van der Waals surface area contributed by atoms with Crippen LogP contribution in [0.2, 0.25) is 0 Å². The summed E-state index contributed by atoms with van der Waals surface area (Å²) in [6.07, 6.45) is 0. The molecule has 0 aliphatic carbocycles. The number of hydrogen-bond donors (Lipinski definition) is 1. The van der Waals surface area contributed by atoms with E-state index in [1.807, 2.05) is 55.5 Å². The van der Waals surface area contributed by atoms with E-state index in [2.05, 4.69) is 20.9 Å². The zero-order valence-corrected chi connectivity index (χ0v) is 14.0. The molecule has 0 atom stereocenters. The minimum atomic E-state index is -0.959. The summed E-state index contributed by atoms with van der Waals surface area (Å²) in [6, 6.07) is 18.7. The first kappa shape index (κ1) is 15.4. The second kappa shape index (κ2) is 6.34. The van der Waals surface area contributed by atoms with Gasteiger partial charge in [-0.05, 0) is 31.2 Å². The summed E-state index contributed by atoms with van der Waals surface area (Å²) in [7, 11) is 0. The second-order valence-electron chi connectivity index (χ2n) is 5.30. The van der Waals surface area contributed by atoms with Crippen LogP contribution >= 0.6 is 15.9 Å². The lowest BCUT2D eigenvalue weighted by Crippen LogP contribution is -2.00. The number of hydrogen-bond acceptors (Lipinski definition) is 2. The Morgan fingerprint density at radius 1 is 0.913 bits per heavy atom. The monoisotopic (exact) mass is 367 g/mol. The lowest BCUT2D eigenvalue weighted by atomic mass is 10.0. The molecule has 0 aliphatic rings. The molecule has 0 fully saturated rings. The maximum absolute atomic E-state index is 11.4. The molecular weight excluding hydrogens is 354 g/mol. The minimum Gasteiger partial charge on any atom is -0.478 e. The molecule has 3 aromatic rings. The summed E-state index contributed by atoms with van der Waals surface area (Å²) in [4.78, 5) is 16.1. The van der Waals surface area contributed by atoms with Crippen LogP contribution in [0.3, 0.4) is 0 Å². The first-order valence-corrected chi connectivity index (χ1v) is 7.90. The lowest BCUT2D eigenvalue weighted by Gasteiger charge is -2.08. The molecule has 2 aromatic carbocycles. The number of carbonyl (C=O) groups is 1. The van der Waals surface area contributed by atoms with Crippen LogP contribution in [0.1, 0.15) is 15.9 Å². The van der Waals surface area contributed by atoms with Crippen LogP contribution in [0.15, 0.2) is 65.1 Å². The average molecular weight is 368 g/mol. The Labute approximate surface area is 142 Å². The van der Waals surface area contributed by atoms with Crippen molar-refractivity contribution in [3.05, 3.63) is 76.3 Å². The summed E-state index contributed by atoms with van der Waals surface area (Å²) < 4.78 is 0.967. The molecule has 3 rings (SSSR count). The van der Waals surface area contributed by atoms with E-state index in [1.165, 1.54) is 0 Å². The highest BCUT2D eigenvalue weighted by Crippen LogP contribution is 2.26. The average Bonchev–Trinajstić information content (AvgIpc) is 2.55. The summed E-state index contributed by atoms with van der Waals surface area (Å²) in [6.45, 7) is 2.01. The highest BCUT2D eigenvalue weighted by atomic mass is 79.9. The molecule has 1 N–H and O–H groups in total. The molecule has 4 heteroatoms. The number of carboxylic acid groups (broad SMARTS) is 1. The van der Waals surface area contributed by atoms with Crippen molar-refractivity contribution in [2.75, 3.05) is 0 Å². The molecule has 0 saturated heterocycles. The standard InChI is InChI=1S/C19H14BrNO2/c1-12-2-4-13(5-3-12)17-10-15(19(22)23)11-18(21-17)14-6-8-16(20)9-7-14/h2-11H,1H3,(H,22,23). The van der Waals surface area contributed by atoms with Crippen LogP contribution in [-0.4, -0.2) is 16.1 Å². The third-order valence-corrected chi connectivity index (χ3v) is 4.09. The molecule has 0 saturated carbocycles. The van der Waals surface area contributed by atoms with E-state index < -0.39 is 5.97 Å². The van der Waals surface area contributed by atoms with Gasteiger partial charge in [0.1, 0.15) is 0 Å². The van der Waals surface area contributed by atoms with Gasteiger partial charge < -0.3 is 5.11 Å². The maximum atomic E-state index is 11.4. The van der Waals surface area contributed by atoms with Gasteiger partial charge in [0.25, 0.3) is 0 Å². The molecule has 0 aliphatic heterocycles. The summed E-state index contributed by atoms with van der Waals surface area (Å²) in [5, 5.41) is 9.38. The molecule has 0 radical (unpaired) electrons. The van der Waals surface area contributed by atoms with E-state index in [4.69, 9.17) is 0 Å². The predicted molar refractivity (Wildman–Crippen MR) is 94.5 cm³/mol. The molecule has 23 heavy (non-hydrogen) atoms. The van der Waals surface area contributed by atoms with Gasteiger partial charge in [0.15, 0.2) is 0 Å². The van der Waals surface area contributed by atoms with E-state index in [1.54, 1.807) is 12.1 Å². The van der Waals surface area contributed by atoms with Gasteiger partial charge in [-0.2, -0.15) is 0 Å². The molecule has 3 nitrogen and oxygen atoms in total. The van der Waals surface area contributed by atoms with Crippen LogP contribution in [0.5, 0.6) is 0 Å². The van der Waals surface area contributed by atoms with Crippen molar-refractivity contribution in [2.24, 2.45) is 0 Å². The fourth-order valence-corrected chi connectivity index (χ4v) is 2.56. The Morgan fingerprint density at radius 3 is 1.87 bits per heavy atom. The number of aromatic nitrogens is 1. The molecule has 0 spiro atoms. The Hall–Kier alpha value is -2.46. The molecule has 114 valence electrons. The van der Waals surface area contributed by atoms with Gasteiger partial charge >= 0.3 is 5.97 Å². The summed E-state index contributed by atoms with van der Waals surface area (Å²) in [5.74, 6) is -0.959. The Kier molecular flexibility index (Phi) is 4.26. The number of rotatable bonds is 3. The van der Waals surface area contributed by atoms with Gasteiger partial charge in [-0.1, -0.05) is 57.9 Å². The summed E-state index contributed by atoms with van der Waals surface area (Å²) in [5.41, 5.74) is 4.46. The molecule has 0 amide bonds. The Morgan fingerprint density at radius 2 is 1.39 bits per heavy atom. The van der Waals surface area contributed by atoms with Gasteiger partial charge in [-0.3, -0.25) is 0 Å². The third-order valence-electron chi connectivity index (χ3n) is 3.56. The molecule has 0 bridgehead atoms. The third kappa shape index (κ3) is 3.48. The number of carboxylic acids is 1. The number of aromatic carboxylic acids is 1. The number of aryl methyl sites for hydroxylation is 1. The maximum Gasteiger partial charge on any atom is 0.335 e. The SMILES string of the molecule is Cc1ccc(-c2cc(C(=O)O)cc(-c3ccc(Br)cc3)n2)cc1. The van der Waals surface area contributed by atoms with Crippen LogP contribution in [0.25, 0.3) is 22.5 Å².